The molecule has 2 rings (SSSR count). The molecule has 4 nitrogen and oxygen atoms in total. The third kappa shape index (κ3) is 6.76. The number of aryl methyl sites for hydroxylation is 1. The van der Waals surface area contributed by atoms with Crippen molar-refractivity contribution in [1.29, 1.82) is 0 Å². The number of benzene rings is 2. The Hall–Kier alpha value is -2.75. The lowest BCUT2D eigenvalue weighted by atomic mass is 10.0. The van der Waals surface area contributed by atoms with Crippen molar-refractivity contribution in [3.05, 3.63) is 59.7 Å². The molecule has 1 atom stereocenters. The van der Waals surface area contributed by atoms with Crippen LogP contribution in [-0.2, 0) is 4.79 Å². The zero-order valence-electron chi connectivity index (χ0n) is 14.5. The molecule has 10 heteroatoms. The monoisotopic (exact) mass is 406 g/mol. The zero-order chi connectivity index (χ0) is 20.9. The van der Waals surface area contributed by atoms with Gasteiger partial charge in [0, 0.05) is 5.69 Å². The Morgan fingerprint density at radius 2 is 1.54 bits per heavy atom. The minimum atomic E-state index is -4.85. The van der Waals surface area contributed by atoms with Gasteiger partial charge in [0.1, 0.15) is 11.8 Å². The molecule has 0 aliphatic carbocycles. The maximum atomic E-state index is 13.3. The van der Waals surface area contributed by atoms with Crippen molar-refractivity contribution in [2.75, 3.05) is 11.9 Å². The molecule has 0 fully saturated rings. The van der Waals surface area contributed by atoms with Gasteiger partial charge in [-0.1, -0.05) is 29.8 Å². The van der Waals surface area contributed by atoms with E-state index < -0.39 is 36.8 Å². The van der Waals surface area contributed by atoms with Crippen LogP contribution in [0, 0.1) is 6.92 Å². The minimum Gasteiger partial charge on any atom is -0.406 e. The van der Waals surface area contributed by atoms with Gasteiger partial charge in [-0.05, 0) is 36.8 Å². The van der Waals surface area contributed by atoms with Gasteiger partial charge >= 0.3 is 12.5 Å². The molecule has 2 aromatic rings. The summed E-state index contributed by atoms with van der Waals surface area (Å²) in [6, 6.07) is 7.88. The number of alkyl halides is 6. The van der Waals surface area contributed by atoms with Gasteiger partial charge in [-0.2, -0.15) is 13.2 Å². The zero-order valence-corrected chi connectivity index (χ0v) is 14.5. The number of amides is 1. The van der Waals surface area contributed by atoms with Crippen LogP contribution in [0.5, 0.6) is 5.75 Å². The molecule has 28 heavy (non-hydrogen) atoms. The summed E-state index contributed by atoms with van der Waals surface area (Å²) in [4.78, 5) is 11.9. The van der Waals surface area contributed by atoms with Crippen molar-refractivity contribution >= 4 is 11.6 Å². The molecular weight excluding hydrogens is 390 g/mol. The Balaban J connectivity index is 1.96. The molecule has 0 aliphatic rings. The van der Waals surface area contributed by atoms with Crippen LogP contribution in [-0.4, -0.2) is 25.0 Å². The van der Waals surface area contributed by atoms with Crippen molar-refractivity contribution in [3.8, 4) is 5.75 Å². The molecule has 2 N–H and O–H groups in total. The predicted octanol–water partition coefficient (Wildman–Crippen LogP) is 4.73. The van der Waals surface area contributed by atoms with Gasteiger partial charge < -0.3 is 10.1 Å². The first-order valence-electron chi connectivity index (χ1n) is 7.96. The van der Waals surface area contributed by atoms with E-state index in [1.54, 1.807) is 6.92 Å². The second kappa shape index (κ2) is 8.51. The number of rotatable bonds is 6. The van der Waals surface area contributed by atoms with E-state index in [-0.39, 0.29) is 11.3 Å². The van der Waals surface area contributed by atoms with Crippen molar-refractivity contribution in [2.24, 2.45) is 0 Å². The van der Waals surface area contributed by atoms with Gasteiger partial charge in [0.2, 0.25) is 5.91 Å². The van der Waals surface area contributed by atoms with E-state index in [1.807, 2.05) is 0 Å². The topological polar surface area (TPSA) is 50.4 Å². The first-order chi connectivity index (χ1) is 12.9. The van der Waals surface area contributed by atoms with E-state index in [9.17, 15) is 31.1 Å². The van der Waals surface area contributed by atoms with Gasteiger partial charge in [-0.15, -0.1) is 13.2 Å². The Kier molecular flexibility index (Phi) is 6.55. The normalized spacial score (nSPS) is 13.1. The molecule has 0 heterocycles. The molecule has 0 spiro atoms. The Morgan fingerprint density at radius 3 is 2.04 bits per heavy atom. The lowest BCUT2D eigenvalue weighted by Crippen LogP contribution is -2.38. The molecule has 0 saturated carbocycles. The number of carbonyl (C=O) groups excluding carboxylic acids is 1. The second-order valence-corrected chi connectivity index (χ2v) is 5.89. The van der Waals surface area contributed by atoms with E-state index in [4.69, 9.17) is 0 Å². The first kappa shape index (κ1) is 21.5. The van der Waals surface area contributed by atoms with E-state index in [2.05, 4.69) is 15.4 Å². The molecule has 152 valence electrons. The lowest BCUT2D eigenvalue weighted by Gasteiger charge is -2.22. The van der Waals surface area contributed by atoms with Crippen molar-refractivity contribution in [1.82, 2.24) is 5.32 Å². The fourth-order valence-corrected chi connectivity index (χ4v) is 2.32. The molecular formula is C18H16F6N2O2. The number of ether oxygens (including phenoxy) is 1. The summed E-state index contributed by atoms with van der Waals surface area (Å²) in [5, 5.41) is 4.44. The van der Waals surface area contributed by atoms with Crippen LogP contribution in [0.2, 0.25) is 0 Å². The molecule has 0 radical (unpaired) electrons. The number of halogens is 6. The van der Waals surface area contributed by atoms with E-state index in [0.29, 0.717) is 0 Å². The third-order valence-corrected chi connectivity index (χ3v) is 3.58. The smallest absolute Gasteiger partial charge is 0.406 e. The van der Waals surface area contributed by atoms with Crippen LogP contribution >= 0.6 is 0 Å². The third-order valence-electron chi connectivity index (χ3n) is 3.58. The summed E-state index contributed by atoms with van der Waals surface area (Å²) in [6.07, 6.45) is -9.47. The fourth-order valence-electron chi connectivity index (χ4n) is 2.32. The maximum Gasteiger partial charge on any atom is 0.573 e. The molecule has 0 bridgehead atoms. The standard InChI is InChI=1S/C18H16F6N2O2/c1-11-2-4-12(5-3-11)16(17(19,20)21)25-10-15(27)26-13-6-8-14(9-7-13)28-18(22,23)24/h2-9,16,25H,10H2,1H3,(H,26,27). The average Bonchev–Trinajstić information content (AvgIpc) is 2.56. The molecule has 0 aromatic heterocycles. The van der Waals surface area contributed by atoms with Crippen molar-refractivity contribution < 1.29 is 35.9 Å². The van der Waals surface area contributed by atoms with Gasteiger partial charge in [0.15, 0.2) is 0 Å². The van der Waals surface area contributed by atoms with Crippen LogP contribution in [0.4, 0.5) is 32.0 Å². The van der Waals surface area contributed by atoms with Gasteiger partial charge in [-0.25, -0.2) is 0 Å². The van der Waals surface area contributed by atoms with E-state index >= 15 is 0 Å². The second-order valence-electron chi connectivity index (χ2n) is 5.89. The largest absolute Gasteiger partial charge is 0.573 e. The summed E-state index contributed by atoms with van der Waals surface area (Å²) in [6.45, 7) is 1.08. The summed E-state index contributed by atoms with van der Waals surface area (Å²) >= 11 is 0. The van der Waals surface area contributed by atoms with Gasteiger partial charge in [0.05, 0.1) is 6.54 Å². The molecule has 0 aliphatic heterocycles. The highest BCUT2D eigenvalue weighted by Gasteiger charge is 2.40. The Morgan fingerprint density at radius 1 is 0.964 bits per heavy atom. The summed E-state index contributed by atoms with van der Waals surface area (Å²) in [5.41, 5.74) is 0.861. The highest BCUT2D eigenvalue weighted by atomic mass is 19.4. The summed E-state index contributed by atoms with van der Waals surface area (Å²) in [7, 11) is 0. The van der Waals surface area contributed by atoms with Crippen LogP contribution in [0.1, 0.15) is 17.2 Å². The maximum absolute atomic E-state index is 13.3. The number of hydrogen-bond donors (Lipinski definition) is 2. The summed E-state index contributed by atoms with van der Waals surface area (Å²) in [5.74, 6) is -1.27. The van der Waals surface area contributed by atoms with Crippen LogP contribution in [0.15, 0.2) is 48.5 Å². The van der Waals surface area contributed by atoms with Gasteiger partial charge in [-0.3, -0.25) is 10.1 Å². The fraction of sp³-hybridized carbons (Fsp3) is 0.278. The lowest BCUT2D eigenvalue weighted by molar-refractivity contribution is -0.274. The Bertz CT molecular complexity index is 786. The molecule has 1 amide bonds. The minimum absolute atomic E-state index is 0.0421. The Labute approximate surface area is 156 Å². The highest BCUT2D eigenvalue weighted by molar-refractivity contribution is 5.92. The average molecular weight is 406 g/mol. The van der Waals surface area contributed by atoms with Crippen LogP contribution in [0.25, 0.3) is 0 Å². The number of carbonyl (C=O) groups is 1. The van der Waals surface area contributed by atoms with Crippen LogP contribution < -0.4 is 15.4 Å². The molecule has 0 saturated heterocycles. The van der Waals surface area contributed by atoms with Crippen LogP contribution in [0.3, 0.4) is 0 Å². The number of anilines is 1. The SMILES string of the molecule is Cc1ccc(C(NCC(=O)Nc2ccc(OC(F)(F)F)cc2)C(F)(F)F)cc1. The number of nitrogens with one attached hydrogen (secondary N) is 2. The predicted molar refractivity (Wildman–Crippen MR) is 89.7 cm³/mol. The quantitative estimate of drug-likeness (QED) is 0.683. The highest BCUT2D eigenvalue weighted by Crippen LogP contribution is 2.32. The van der Waals surface area contributed by atoms with E-state index in [1.165, 1.54) is 24.3 Å². The number of hydrogen-bond acceptors (Lipinski definition) is 3. The van der Waals surface area contributed by atoms with Gasteiger partial charge in [0.25, 0.3) is 0 Å². The van der Waals surface area contributed by atoms with Crippen molar-refractivity contribution in [3.63, 3.8) is 0 Å². The van der Waals surface area contributed by atoms with E-state index in [0.717, 1.165) is 29.8 Å². The van der Waals surface area contributed by atoms with Crippen molar-refractivity contribution in [2.45, 2.75) is 25.5 Å². The molecule has 1 unspecified atom stereocenters. The molecule has 2 aromatic carbocycles. The summed E-state index contributed by atoms with van der Waals surface area (Å²) < 4.78 is 79.8. The first-order valence-corrected chi connectivity index (χ1v) is 7.96.